The van der Waals surface area contributed by atoms with Gasteiger partial charge in [0.25, 0.3) is 0 Å². The molecule has 1 aromatic rings. The Morgan fingerprint density at radius 1 is 1.45 bits per heavy atom. The number of carbonyl (C=O) groups is 1. The van der Waals surface area contributed by atoms with Gasteiger partial charge in [0, 0.05) is 18.8 Å². The molecule has 0 aliphatic carbocycles. The molecule has 1 unspecified atom stereocenters. The van der Waals surface area contributed by atoms with Crippen LogP contribution in [0.1, 0.15) is 19.8 Å². The lowest BCUT2D eigenvalue weighted by molar-refractivity contribution is 0.206. The molecular weight excluding hydrogens is 276 g/mol. The molecule has 0 saturated heterocycles. The molecule has 0 fully saturated rings. The molecule has 6 nitrogen and oxygen atoms in total. The number of carbonyl (C=O) groups excluding carboxylic acids is 1. The maximum atomic E-state index is 12.2. The van der Waals surface area contributed by atoms with Crippen molar-refractivity contribution in [2.75, 3.05) is 18.8 Å². The number of amides is 1. The molecule has 1 rings (SSSR count). The molecule has 0 spiro atoms. The van der Waals surface area contributed by atoms with E-state index in [1.807, 2.05) is 6.92 Å². The van der Waals surface area contributed by atoms with Crippen molar-refractivity contribution in [1.82, 2.24) is 19.7 Å². The number of hydrogen-bond donors (Lipinski definition) is 0. The first-order valence-corrected chi connectivity index (χ1v) is 7.77. The van der Waals surface area contributed by atoms with Crippen molar-refractivity contribution in [3.8, 4) is 0 Å². The number of unbranched alkanes of at least 4 members (excludes halogenated alkanes) is 1. The van der Waals surface area contributed by atoms with Gasteiger partial charge in [-0.3, -0.25) is 4.21 Å². The first-order valence-electron chi connectivity index (χ1n) is 6.45. The van der Waals surface area contributed by atoms with Crippen LogP contribution in [0.5, 0.6) is 0 Å². The highest BCUT2D eigenvalue weighted by atomic mass is 32.2. The predicted octanol–water partition coefficient (Wildman–Crippen LogP) is 1.83. The van der Waals surface area contributed by atoms with E-state index in [0.717, 1.165) is 17.5 Å². The van der Waals surface area contributed by atoms with Gasteiger partial charge in [-0.2, -0.15) is 4.68 Å². The second-order valence-corrected chi connectivity index (χ2v) is 5.60. The molecule has 0 aliphatic rings. The van der Waals surface area contributed by atoms with Crippen LogP contribution in [0.15, 0.2) is 36.8 Å². The second-order valence-electron chi connectivity index (χ2n) is 4.14. The van der Waals surface area contributed by atoms with Crippen LogP contribution >= 0.6 is 0 Å². The summed E-state index contributed by atoms with van der Waals surface area (Å²) in [6, 6.07) is -0.337. The fourth-order valence-corrected chi connectivity index (χ4v) is 2.58. The van der Waals surface area contributed by atoms with E-state index in [4.69, 9.17) is 0 Å². The average Bonchev–Trinajstić information content (AvgIpc) is 2.93. The van der Waals surface area contributed by atoms with Crippen molar-refractivity contribution in [2.45, 2.75) is 24.9 Å². The van der Waals surface area contributed by atoms with E-state index >= 15 is 0 Å². The van der Waals surface area contributed by atoms with E-state index in [1.165, 1.54) is 11.2 Å². The lowest BCUT2D eigenvalue weighted by Gasteiger charge is -2.17. The summed E-state index contributed by atoms with van der Waals surface area (Å²) < 4.78 is 13.0. The fraction of sp³-hybridized carbons (Fsp3) is 0.462. The second kappa shape index (κ2) is 8.42. The molecule has 1 heterocycles. The van der Waals surface area contributed by atoms with Gasteiger partial charge in [-0.15, -0.1) is 18.3 Å². The van der Waals surface area contributed by atoms with Crippen LogP contribution in [0.2, 0.25) is 0 Å². The minimum absolute atomic E-state index is 0.198. The summed E-state index contributed by atoms with van der Waals surface area (Å²) in [6.45, 7) is 10.0. The van der Waals surface area contributed by atoms with E-state index in [0.29, 0.717) is 18.8 Å². The topological polar surface area (TPSA) is 68.1 Å². The molecular formula is C13H20N4O2S. The molecule has 7 heteroatoms. The monoisotopic (exact) mass is 296 g/mol. The van der Waals surface area contributed by atoms with E-state index < -0.39 is 10.8 Å². The van der Waals surface area contributed by atoms with Gasteiger partial charge < -0.3 is 4.90 Å². The van der Waals surface area contributed by atoms with E-state index in [1.54, 1.807) is 12.2 Å². The highest BCUT2D eigenvalue weighted by Gasteiger charge is 2.17. The predicted molar refractivity (Wildman–Crippen MR) is 79.0 cm³/mol. The minimum Gasteiger partial charge on any atom is -0.315 e. The highest BCUT2D eigenvalue weighted by Crippen LogP contribution is 2.03. The van der Waals surface area contributed by atoms with Crippen LogP contribution in [-0.4, -0.2) is 48.7 Å². The SMILES string of the molecule is C=CCN(CC=C)C(=O)n1cnc(S(=O)CCCC)n1. The number of rotatable bonds is 8. The Balaban J connectivity index is 2.78. The van der Waals surface area contributed by atoms with Crippen molar-refractivity contribution in [3.63, 3.8) is 0 Å². The fourth-order valence-electron chi connectivity index (χ4n) is 1.50. The first-order chi connectivity index (χ1) is 9.63. The van der Waals surface area contributed by atoms with Gasteiger partial charge in [0.2, 0.25) is 5.16 Å². The van der Waals surface area contributed by atoms with Crippen LogP contribution in [0, 0.1) is 0 Å². The smallest absolute Gasteiger partial charge is 0.315 e. The molecule has 1 atom stereocenters. The third-order valence-corrected chi connectivity index (χ3v) is 3.78. The van der Waals surface area contributed by atoms with Crippen molar-refractivity contribution >= 4 is 16.8 Å². The van der Waals surface area contributed by atoms with Gasteiger partial charge in [0.05, 0.1) is 10.8 Å². The molecule has 0 saturated carbocycles. The third kappa shape index (κ3) is 4.41. The van der Waals surface area contributed by atoms with Crippen LogP contribution in [0.25, 0.3) is 0 Å². The van der Waals surface area contributed by atoms with Gasteiger partial charge in [-0.25, -0.2) is 9.78 Å². The van der Waals surface area contributed by atoms with Crippen molar-refractivity contribution < 1.29 is 9.00 Å². The summed E-state index contributed by atoms with van der Waals surface area (Å²) in [6.07, 6.45) is 6.34. The Labute approximate surface area is 121 Å². The van der Waals surface area contributed by atoms with Crippen molar-refractivity contribution in [1.29, 1.82) is 0 Å². The quantitative estimate of drug-likeness (QED) is 0.686. The Hall–Kier alpha value is -1.76. The molecule has 0 radical (unpaired) electrons. The maximum Gasteiger partial charge on any atom is 0.346 e. The molecule has 20 heavy (non-hydrogen) atoms. The highest BCUT2D eigenvalue weighted by molar-refractivity contribution is 7.84. The zero-order chi connectivity index (χ0) is 15.0. The number of aromatic nitrogens is 3. The normalized spacial score (nSPS) is 11.8. The standard InChI is InChI=1S/C13H20N4O2S/c1-4-7-10-20(19)12-14-11-17(15-12)13(18)16(8-5-2)9-6-3/h5-6,11H,2-4,7-10H2,1H3. The Kier molecular flexibility index (Phi) is 6.86. The van der Waals surface area contributed by atoms with Gasteiger partial charge >= 0.3 is 6.03 Å². The lowest BCUT2D eigenvalue weighted by atomic mass is 10.4. The number of nitrogens with zero attached hydrogens (tertiary/aromatic N) is 4. The molecule has 0 aromatic carbocycles. The van der Waals surface area contributed by atoms with Gasteiger partial charge in [0.15, 0.2) is 0 Å². The van der Waals surface area contributed by atoms with Gasteiger partial charge in [-0.05, 0) is 6.42 Å². The Bertz CT molecular complexity index is 488. The molecule has 1 aromatic heterocycles. The van der Waals surface area contributed by atoms with Crippen molar-refractivity contribution in [3.05, 3.63) is 31.6 Å². The number of hydrogen-bond acceptors (Lipinski definition) is 4. The zero-order valence-electron chi connectivity index (χ0n) is 11.7. The summed E-state index contributed by atoms with van der Waals surface area (Å²) in [5, 5.41) is 4.19. The van der Waals surface area contributed by atoms with E-state index in [-0.39, 0.29) is 11.2 Å². The average molecular weight is 296 g/mol. The van der Waals surface area contributed by atoms with Crippen LogP contribution < -0.4 is 0 Å². The van der Waals surface area contributed by atoms with Gasteiger partial charge in [-0.1, -0.05) is 25.5 Å². The van der Waals surface area contributed by atoms with Crippen molar-refractivity contribution in [2.24, 2.45) is 0 Å². The summed E-state index contributed by atoms with van der Waals surface area (Å²) >= 11 is 0. The molecule has 0 bridgehead atoms. The minimum atomic E-state index is -1.25. The molecule has 0 N–H and O–H groups in total. The van der Waals surface area contributed by atoms with Crippen LogP contribution in [-0.2, 0) is 10.8 Å². The molecule has 1 amide bonds. The van der Waals surface area contributed by atoms with Crippen LogP contribution in [0.3, 0.4) is 0 Å². The summed E-state index contributed by atoms with van der Waals surface area (Å²) in [4.78, 5) is 17.6. The lowest BCUT2D eigenvalue weighted by Crippen LogP contribution is -2.35. The summed E-state index contributed by atoms with van der Waals surface area (Å²) in [5.74, 6) is 0.512. The van der Waals surface area contributed by atoms with Gasteiger partial charge in [0.1, 0.15) is 6.33 Å². The first kappa shape index (κ1) is 16.3. The Morgan fingerprint density at radius 3 is 2.65 bits per heavy atom. The molecule has 110 valence electrons. The maximum absolute atomic E-state index is 12.2. The summed E-state index contributed by atoms with van der Waals surface area (Å²) in [5.41, 5.74) is 0. The van der Waals surface area contributed by atoms with E-state index in [2.05, 4.69) is 23.2 Å². The van der Waals surface area contributed by atoms with E-state index in [9.17, 15) is 9.00 Å². The summed E-state index contributed by atoms with van der Waals surface area (Å²) in [7, 11) is -1.25. The van der Waals surface area contributed by atoms with Crippen LogP contribution in [0.4, 0.5) is 4.79 Å². The zero-order valence-corrected chi connectivity index (χ0v) is 12.5. The third-order valence-electron chi connectivity index (χ3n) is 2.52. The largest absolute Gasteiger partial charge is 0.346 e. The Morgan fingerprint density at radius 2 is 2.10 bits per heavy atom. The molecule has 0 aliphatic heterocycles.